The molecule has 0 atom stereocenters. The molecule has 0 aliphatic rings. The lowest BCUT2D eigenvalue weighted by Crippen LogP contribution is -2.11. The maximum atomic E-state index is 6.00. The fourth-order valence-corrected chi connectivity index (χ4v) is 2.17. The number of para-hydroxylation sites is 2. The van der Waals surface area contributed by atoms with Crippen molar-refractivity contribution in [1.82, 2.24) is 4.98 Å². The number of nitrogen functional groups attached to an aromatic ring is 1. The number of fused-ring (bicyclic) bond motifs is 1. The Bertz CT molecular complexity index is 733. The Balaban J connectivity index is 2.06. The smallest absolute Gasteiger partial charge is 0.192 e. The number of oxazole rings is 1. The summed E-state index contributed by atoms with van der Waals surface area (Å²) < 4.78 is 5.48. The molecule has 19 heavy (non-hydrogen) atoms. The number of nitrogens with two attached hydrogens (primary N) is 1. The van der Waals surface area contributed by atoms with Gasteiger partial charge in [-0.15, -0.1) is 0 Å². The van der Waals surface area contributed by atoms with Crippen LogP contribution in [0.5, 0.6) is 0 Å². The lowest BCUT2D eigenvalue weighted by atomic mass is 10.2. The number of aromatic nitrogens is 1. The molecule has 0 aliphatic heterocycles. The minimum Gasteiger partial charge on any atom is -0.441 e. The lowest BCUT2D eigenvalue weighted by Gasteiger charge is -2.20. The van der Waals surface area contributed by atoms with E-state index in [0.717, 1.165) is 28.2 Å². The lowest BCUT2D eigenvalue weighted by molar-refractivity contribution is 0.561. The first-order chi connectivity index (χ1) is 9.15. The number of hydrogen-bond acceptors (Lipinski definition) is 4. The zero-order valence-electron chi connectivity index (χ0n) is 10.9. The monoisotopic (exact) mass is 253 g/mol. The molecule has 0 spiro atoms. The van der Waals surface area contributed by atoms with Crippen LogP contribution in [-0.2, 0) is 0 Å². The van der Waals surface area contributed by atoms with Gasteiger partial charge in [0.2, 0.25) is 0 Å². The van der Waals surface area contributed by atoms with E-state index < -0.39 is 0 Å². The Hall–Kier alpha value is -2.49. The van der Waals surface area contributed by atoms with Crippen molar-refractivity contribution in [1.29, 1.82) is 0 Å². The molecule has 0 aliphatic carbocycles. The molecule has 4 nitrogen and oxygen atoms in total. The summed E-state index contributed by atoms with van der Waals surface area (Å²) in [6.45, 7) is 1.85. The van der Waals surface area contributed by atoms with Gasteiger partial charge in [-0.2, -0.15) is 0 Å². The van der Waals surface area contributed by atoms with Crippen LogP contribution in [0.1, 0.15) is 5.89 Å². The molecule has 0 amide bonds. The molecular weight excluding hydrogens is 238 g/mol. The van der Waals surface area contributed by atoms with E-state index in [0.29, 0.717) is 5.89 Å². The fraction of sp³-hybridized carbons (Fsp3) is 0.133. The average Bonchev–Trinajstić information content (AvgIpc) is 2.77. The molecular formula is C15H15N3O. The highest BCUT2D eigenvalue weighted by Gasteiger charge is 2.09. The predicted octanol–water partition coefficient (Wildman–Crippen LogP) is 3.49. The molecule has 1 heterocycles. The van der Waals surface area contributed by atoms with Crippen LogP contribution in [0.25, 0.3) is 11.1 Å². The van der Waals surface area contributed by atoms with Gasteiger partial charge in [-0.3, -0.25) is 0 Å². The molecule has 0 fully saturated rings. The number of hydrogen-bond donors (Lipinski definition) is 1. The Labute approximate surface area is 111 Å². The normalized spacial score (nSPS) is 10.8. The third kappa shape index (κ3) is 2.01. The minimum atomic E-state index is 0.675. The van der Waals surface area contributed by atoms with Gasteiger partial charge in [0.25, 0.3) is 0 Å². The highest BCUT2D eigenvalue weighted by molar-refractivity contribution is 5.81. The summed E-state index contributed by atoms with van der Waals surface area (Å²) >= 11 is 0. The standard InChI is InChI=1S/C15H15N3O/c1-10-17-13-9-11(7-8-15(13)19-10)18(2)14-6-4-3-5-12(14)16/h3-9H,16H2,1-2H3. The maximum Gasteiger partial charge on any atom is 0.192 e. The molecule has 3 aromatic rings. The summed E-state index contributed by atoms with van der Waals surface area (Å²) in [5.74, 6) is 0.675. The van der Waals surface area contributed by atoms with Crippen LogP contribution in [0, 0.1) is 6.92 Å². The summed E-state index contributed by atoms with van der Waals surface area (Å²) in [7, 11) is 1.99. The van der Waals surface area contributed by atoms with Crippen molar-refractivity contribution in [2.75, 3.05) is 17.7 Å². The van der Waals surface area contributed by atoms with Crippen molar-refractivity contribution in [2.45, 2.75) is 6.92 Å². The number of nitrogens with zero attached hydrogens (tertiary/aromatic N) is 2. The van der Waals surface area contributed by atoms with Gasteiger partial charge in [0.15, 0.2) is 11.5 Å². The van der Waals surface area contributed by atoms with Crippen molar-refractivity contribution in [3.8, 4) is 0 Å². The first-order valence-corrected chi connectivity index (χ1v) is 6.10. The quantitative estimate of drug-likeness (QED) is 0.710. The SMILES string of the molecule is Cc1nc2cc(N(C)c3ccccc3N)ccc2o1. The molecule has 0 radical (unpaired) electrons. The van der Waals surface area contributed by atoms with Gasteiger partial charge in [-0.05, 0) is 30.3 Å². The topological polar surface area (TPSA) is 55.3 Å². The first kappa shape index (κ1) is 11.6. The summed E-state index contributed by atoms with van der Waals surface area (Å²) in [4.78, 5) is 6.39. The summed E-state index contributed by atoms with van der Waals surface area (Å²) in [6.07, 6.45) is 0. The van der Waals surface area contributed by atoms with Gasteiger partial charge >= 0.3 is 0 Å². The van der Waals surface area contributed by atoms with E-state index in [1.54, 1.807) is 0 Å². The minimum absolute atomic E-state index is 0.675. The molecule has 1 aromatic heterocycles. The Morgan fingerprint density at radius 1 is 1.16 bits per heavy atom. The van der Waals surface area contributed by atoms with Crippen LogP contribution in [0.2, 0.25) is 0 Å². The van der Waals surface area contributed by atoms with E-state index in [-0.39, 0.29) is 0 Å². The van der Waals surface area contributed by atoms with E-state index in [2.05, 4.69) is 4.98 Å². The molecule has 4 heteroatoms. The Morgan fingerprint density at radius 2 is 1.95 bits per heavy atom. The van der Waals surface area contributed by atoms with Gasteiger partial charge in [0.1, 0.15) is 5.52 Å². The van der Waals surface area contributed by atoms with E-state index >= 15 is 0 Å². The summed E-state index contributed by atoms with van der Waals surface area (Å²) in [5, 5.41) is 0. The van der Waals surface area contributed by atoms with Crippen LogP contribution in [0.4, 0.5) is 17.1 Å². The molecule has 96 valence electrons. The van der Waals surface area contributed by atoms with Gasteiger partial charge in [0, 0.05) is 19.7 Å². The van der Waals surface area contributed by atoms with Gasteiger partial charge in [-0.1, -0.05) is 12.1 Å². The third-order valence-corrected chi connectivity index (χ3v) is 3.16. The van der Waals surface area contributed by atoms with Crippen molar-refractivity contribution in [3.05, 3.63) is 48.4 Å². The highest BCUT2D eigenvalue weighted by Crippen LogP contribution is 2.30. The largest absolute Gasteiger partial charge is 0.441 e. The number of benzene rings is 2. The first-order valence-electron chi connectivity index (χ1n) is 6.10. The fourth-order valence-electron chi connectivity index (χ4n) is 2.17. The second-order valence-electron chi connectivity index (χ2n) is 4.50. The van der Waals surface area contributed by atoms with Gasteiger partial charge < -0.3 is 15.1 Å². The maximum absolute atomic E-state index is 6.00. The van der Waals surface area contributed by atoms with E-state index in [4.69, 9.17) is 10.2 Å². The number of aryl methyl sites for hydroxylation is 1. The van der Waals surface area contributed by atoms with Crippen LogP contribution in [0.15, 0.2) is 46.9 Å². The molecule has 2 N–H and O–H groups in total. The molecule has 0 unspecified atom stereocenters. The van der Waals surface area contributed by atoms with Gasteiger partial charge in [-0.25, -0.2) is 4.98 Å². The Morgan fingerprint density at radius 3 is 2.74 bits per heavy atom. The van der Waals surface area contributed by atoms with E-state index in [9.17, 15) is 0 Å². The number of rotatable bonds is 2. The second kappa shape index (κ2) is 4.31. The molecule has 0 saturated heterocycles. The van der Waals surface area contributed by atoms with Crippen LogP contribution in [-0.4, -0.2) is 12.0 Å². The van der Waals surface area contributed by atoms with Crippen molar-refractivity contribution >= 4 is 28.2 Å². The predicted molar refractivity (Wildman–Crippen MR) is 77.7 cm³/mol. The van der Waals surface area contributed by atoms with Crippen molar-refractivity contribution in [3.63, 3.8) is 0 Å². The molecule has 0 saturated carbocycles. The van der Waals surface area contributed by atoms with Crippen molar-refractivity contribution in [2.24, 2.45) is 0 Å². The van der Waals surface area contributed by atoms with Crippen LogP contribution < -0.4 is 10.6 Å². The third-order valence-electron chi connectivity index (χ3n) is 3.16. The highest BCUT2D eigenvalue weighted by atomic mass is 16.3. The summed E-state index contributed by atoms with van der Waals surface area (Å²) in [5.41, 5.74) is 10.4. The van der Waals surface area contributed by atoms with Crippen LogP contribution in [0.3, 0.4) is 0 Å². The zero-order chi connectivity index (χ0) is 13.4. The van der Waals surface area contributed by atoms with E-state index in [1.165, 1.54) is 0 Å². The van der Waals surface area contributed by atoms with Gasteiger partial charge in [0.05, 0.1) is 11.4 Å². The van der Waals surface area contributed by atoms with Crippen LogP contribution >= 0.6 is 0 Å². The summed E-state index contributed by atoms with van der Waals surface area (Å²) in [6, 6.07) is 13.7. The molecule has 3 rings (SSSR count). The average molecular weight is 253 g/mol. The molecule has 0 bridgehead atoms. The van der Waals surface area contributed by atoms with Crippen molar-refractivity contribution < 1.29 is 4.42 Å². The Kier molecular flexibility index (Phi) is 2.63. The zero-order valence-corrected chi connectivity index (χ0v) is 10.9. The number of anilines is 3. The molecule has 2 aromatic carbocycles. The second-order valence-corrected chi connectivity index (χ2v) is 4.50. The van der Waals surface area contributed by atoms with E-state index in [1.807, 2.05) is 61.3 Å².